The molecule has 2 rings (SSSR count). The number of benzene rings is 1. The quantitative estimate of drug-likeness (QED) is 0.363. The van der Waals surface area contributed by atoms with Gasteiger partial charge in [-0.05, 0) is 25.5 Å². The molecule has 1 aromatic heterocycles. The Morgan fingerprint density at radius 3 is 2.80 bits per heavy atom. The lowest BCUT2D eigenvalue weighted by atomic mass is 10.2. The van der Waals surface area contributed by atoms with Gasteiger partial charge >= 0.3 is 5.97 Å². The molecule has 0 radical (unpaired) electrons. The van der Waals surface area contributed by atoms with E-state index in [1.165, 1.54) is 11.8 Å². The summed E-state index contributed by atoms with van der Waals surface area (Å²) in [4.78, 5) is 27.3. The number of aromatic nitrogens is 3. The fourth-order valence-electron chi connectivity index (χ4n) is 1.92. The molecule has 0 saturated heterocycles. The minimum Gasteiger partial charge on any atom is -0.466 e. The zero-order valence-electron chi connectivity index (χ0n) is 13.8. The van der Waals surface area contributed by atoms with Gasteiger partial charge in [0.05, 0.1) is 12.4 Å². The van der Waals surface area contributed by atoms with Crippen molar-refractivity contribution in [1.29, 1.82) is 0 Å². The molecule has 0 saturated carbocycles. The maximum atomic E-state index is 11.8. The molecule has 1 aromatic carbocycles. The van der Waals surface area contributed by atoms with Crippen LogP contribution in [0.2, 0.25) is 0 Å². The van der Waals surface area contributed by atoms with Crippen molar-refractivity contribution in [2.24, 2.45) is 0 Å². The molecule has 25 heavy (non-hydrogen) atoms. The number of H-pyrrole nitrogens is 1. The van der Waals surface area contributed by atoms with Crippen LogP contribution in [0.5, 0.6) is 0 Å². The molecule has 0 unspecified atom stereocenters. The standard InChI is InChI=1S/C16H19BrN4O3S/c1-2-24-14(23)4-3-9-18-13(22)10-25-16-19-15(20-21-16)11-5-7-12(17)8-6-11/h5-8H,2-4,9-10H2,1H3,(H,18,22)(H,19,20,21). The fraction of sp³-hybridized carbons (Fsp3) is 0.375. The van der Waals surface area contributed by atoms with E-state index in [0.29, 0.717) is 37.0 Å². The number of rotatable bonds is 9. The van der Waals surface area contributed by atoms with Crippen molar-refractivity contribution < 1.29 is 14.3 Å². The Bertz CT molecular complexity index is 706. The lowest BCUT2D eigenvalue weighted by Crippen LogP contribution is -2.26. The van der Waals surface area contributed by atoms with E-state index in [2.05, 4.69) is 36.4 Å². The van der Waals surface area contributed by atoms with Crippen molar-refractivity contribution in [3.63, 3.8) is 0 Å². The molecule has 134 valence electrons. The van der Waals surface area contributed by atoms with E-state index in [0.717, 1.165) is 10.0 Å². The Morgan fingerprint density at radius 1 is 1.32 bits per heavy atom. The minimum absolute atomic E-state index is 0.121. The SMILES string of the molecule is CCOC(=O)CCCNC(=O)CSc1n[nH]c(-c2ccc(Br)cc2)n1. The van der Waals surface area contributed by atoms with E-state index in [1.54, 1.807) is 6.92 Å². The molecule has 0 aliphatic rings. The number of carbonyl (C=O) groups excluding carboxylic acids is 2. The molecule has 9 heteroatoms. The number of nitrogens with one attached hydrogen (secondary N) is 2. The third-order valence-corrected chi connectivity index (χ3v) is 4.48. The second-order valence-corrected chi connectivity index (χ2v) is 6.88. The zero-order valence-corrected chi connectivity index (χ0v) is 16.2. The second kappa shape index (κ2) is 10.2. The Labute approximate surface area is 158 Å². The molecule has 2 aromatic rings. The highest BCUT2D eigenvalue weighted by Gasteiger charge is 2.09. The topological polar surface area (TPSA) is 97.0 Å². The largest absolute Gasteiger partial charge is 0.466 e. The molecule has 0 bridgehead atoms. The van der Waals surface area contributed by atoms with E-state index >= 15 is 0 Å². The highest BCUT2D eigenvalue weighted by Crippen LogP contribution is 2.21. The number of esters is 1. The molecule has 0 atom stereocenters. The van der Waals surface area contributed by atoms with Gasteiger partial charge in [-0.3, -0.25) is 14.7 Å². The highest BCUT2D eigenvalue weighted by molar-refractivity contribution is 9.10. The molecule has 0 fully saturated rings. The van der Waals surface area contributed by atoms with Crippen LogP contribution >= 0.6 is 27.7 Å². The number of carbonyl (C=O) groups is 2. The van der Waals surface area contributed by atoms with Gasteiger partial charge in [0.15, 0.2) is 5.82 Å². The molecule has 0 aliphatic carbocycles. The van der Waals surface area contributed by atoms with Crippen LogP contribution in [0, 0.1) is 0 Å². The molecule has 2 N–H and O–H groups in total. The first-order valence-electron chi connectivity index (χ1n) is 7.82. The Hall–Kier alpha value is -1.87. The number of amides is 1. The number of aromatic amines is 1. The third-order valence-electron chi connectivity index (χ3n) is 3.10. The molecular weight excluding hydrogens is 408 g/mol. The Morgan fingerprint density at radius 2 is 2.08 bits per heavy atom. The van der Waals surface area contributed by atoms with Crippen molar-refractivity contribution in [1.82, 2.24) is 20.5 Å². The highest BCUT2D eigenvalue weighted by atomic mass is 79.9. The Kier molecular flexibility index (Phi) is 7.93. The molecular formula is C16H19BrN4O3S. The molecule has 0 aliphatic heterocycles. The summed E-state index contributed by atoms with van der Waals surface area (Å²) in [6, 6.07) is 7.70. The maximum Gasteiger partial charge on any atom is 0.305 e. The van der Waals surface area contributed by atoms with Crippen LogP contribution in [0.4, 0.5) is 0 Å². The van der Waals surface area contributed by atoms with Crippen molar-refractivity contribution in [3.8, 4) is 11.4 Å². The number of ether oxygens (including phenoxy) is 1. The van der Waals surface area contributed by atoms with Gasteiger partial charge in [0, 0.05) is 23.0 Å². The van der Waals surface area contributed by atoms with Crippen molar-refractivity contribution in [2.45, 2.75) is 24.9 Å². The van der Waals surface area contributed by atoms with Gasteiger partial charge in [-0.1, -0.05) is 39.8 Å². The predicted molar refractivity (Wildman–Crippen MR) is 99.1 cm³/mol. The molecule has 1 heterocycles. The Balaban J connectivity index is 1.70. The molecule has 0 spiro atoms. The van der Waals surface area contributed by atoms with E-state index in [4.69, 9.17) is 4.74 Å². The monoisotopic (exact) mass is 426 g/mol. The van der Waals surface area contributed by atoms with Crippen LogP contribution in [0.1, 0.15) is 19.8 Å². The lowest BCUT2D eigenvalue weighted by molar-refractivity contribution is -0.143. The van der Waals surface area contributed by atoms with Crippen LogP contribution in [0.15, 0.2) is 33.9 Å². The van der Waals surface area contributed by atoms with E-state index in [-0.39, 0.29) is 17.6 Å². The summed E-state index contributed by atoms with van der Waals surface area (Å²) >= 11 is 4.64. The fourth-order valence-corrected chi connectivity index (χ4v) is 2.82. The first-order valence-corrected chi connectivity index (χ1v) is 9.59. The first kappa shape index (κ1) is 19.5. The average molecular weight is 427 g/mol. The van der Waals surface area contributed by atoms with Gasteiger partial charge in [0.2, 0.25) is 11.1 Å². The third kappa shape index (κ3) is 6.87. The average Bonchev–Trinajstić information content (AvgIpc) is 3.07. The summed E-state index contributed by atoms with van der Waals surface area (Å²) in [6.07, 6.45) is 0.863. The van der Waals surface area contributed by atoms with Gasteiger partial charge in [0.1, 0.15) is 0 Å². The zero-order chi connectivity index (χ0) is 18.1. The number of nitrogens with zero attached hydrogens (tertiary/aromatic N) is 2. The number of hydrogen-bond acceptors (Lipinski definition) is 6. The van der Waals surface area contributed by atoms with Crippen LogP contribution in [-0.4, -0.2) is 46.0 Å². The molecule has 1 amide bonds. The van der Waals surface area contributed by atoms with E-state index < -0.39 is 0 Å². The maximum absolute atomic E-state index is 11.8. The predicted octanol–water partition coefficient (Wildman–Crippen LogP) is 2.79. The summed E-state index contributed by atoms with van der Waals surface area (Å²) in [5, 5.41) is 10.2. The van der Waals surface area contributed by atoms with E-state index in [9.17, 15) is 9.59 Å². The van der Waals surface area contributed by atoms with Gasteiger partial charge in [-0.2, -0.15) is 0 Å². The normalized spacial score (nSPS) is 10.5. The van der Waals surface area contributed by atoms with Crippen molar-refractivity contribution in [3.05, 3.63) is 28.7 Å². The number of hydrogen-bond donors (Lipinski definition) is 2. The summed E-state index contributed by atoms with van der Waals surface area (Å²) in [5.41, 5.74) is 0.922. The number of thioether (sulfide) groups is 1. The minimum atomic E-state index is -0.243. The smallest absolute Gasteiger partial charge is 0.305 e. The van der Waals surface area contributed by atoms with Crippen molar-refractivity contribution in [2.75, 3.05) is 18.9 Å². The van der Waals surface area contributed by atoms with Crippen LogP contribution in [0.25, 0.3) is 11.4 Å². The van der Waals surface area contributed by atoms with E-state index in [1.807, 2.05) is 24.3 Å². The summed E-state index contributed by atoms with van der Waals surface area (Å²) < 4.78 is 5.81. The summed E-state index contributed by atoms with van der Waals surface area (Å²) in [5.74, 6) is 0.512. The van der Waals surface area contributed by atoms with Gasteiger partial charge in [-0.15, -0.1) is 5.10 Å². The number of halogens is 1. The van der Waals surface area contributed by atoms with Crippen LogP contribution in [-0.2, 0) is 14.3 Å². The van der Waals surface area contributed by atoms with Gasteiger partial charge < -0.3 is 10.1 Å². The second-order valence-electron chi connectivity index (χ2n) is 5.02. The summed E-state index contributed by atoms with van der Waals surface area (Å²) in [7, 11) is 0. The van der Waals surface area contributed by atoms with Crippen LogP contribution < -0.4 is 5.32 Å². The van der Waals surface area contributed by atoms with Gasteiger partial charge in [0.25, 0.3) is 0 Å². The molecule has 7 nitrogen and oxygen atoms in total. The van der Waals surface area contributed by atoms with Crippen LogP contribution in [0.3, 0.4) is 0 Å². The van der Waals surface area contributed by atoms with Crippen molar-refractivity contribution >= 4 is 39.6 Å². The lowest BCUT2D eigenvalue weighted by Gasteiger charge is -2.04. The summed E-state index contributed by atoms with van der Waals surface area (Å²) in [6.45, 7) is 2.58. The van der Waals surface area contributed by atoms with Gasteiger partial charge in [-0.25, -0.2) is 4.98 Å². The first-order chi connectivity index (χ1) is 12.1.